The summed E-state index contributed by atoms with van der Waals surface area (Å²) in [7, 11) is 0. The van der Waals surface area contributed by atoms with E-state index in [1.54, 1.807) is 0 Å². The number of rotatable bonds is 5. The third-order valence-electron chi connectivity index (χ3n) is 9.87. The summed E-state index contributed by atoms with van der Waals surface area (Å²) in [4.78, 5) is 12.1. The maximum absolute atomic E-state index is 12.1. The van der Waals surface area contributed by atoms with E-state index in [1.165, 1.54) is 56.9 Å². The predicted octanol–water partition coefficient (Wildman–Crippen LogP) is 7.21. The fraction of sp³-hybridized carbons (Fsp3) is 0.885. The summed E-state index contributed by atoms with van der Waals surface area (Å²) in [6.07, 6.45) is 15.2. The highest BCUT2D eigenvalue weighted by molar-refractivity contribution is 5.91. The predicted molar refractivity (Wildman–Crippen MR) is 113 cm³/mol. The molecular weight excluding hydrogens is 328 g/mol. The Labute approximate surface area is 167 Å². The Morgan fingerprint density at radius 1 is 1.04 bits per heavy atom. The van der Waals surface area contributed by atoms with Crippen LogP contribution < -0.4 is 0 Å². The van der Waals surface area contributed by atoms with E-state index in [2.05, 4.69) is 40.7 Å². The van der Waals surface area contributed by atoms with Gasteiger partial charge in [0.15, 0.2) is 5.78 Å². The Morgan fingerprint density at radius 3 is 2.56 bits per heavy atom. The Bertz CT molecular complexity index is 616. The molecule has 4 aliphatic carbocycles. The Morgan fingerprint density at radius 2 is 1.81 bits per heavy atom. The maximum Gasteiger partial charge on any atom is 0.155 e. The van der Waals surface area contributed by atoms with Gasteiger partial charge in [0, 0.05) is 6.42 Å². The Balaban J connectivity index is 1.50. The van der Waals surface area contributed by atoms with Crippen molar-refractivity contribution in [2.75, 3.05) is 0 Å². The molecule has 0 amide bonds. The van der Waals surface area contributed by atoms with Crippen LogP contribution in [0.25, 0.3) is 0 Å². The zero-order valence-corrected chi connectivity index (χ0v) is 18.5. The molecule has 0 saturated heterocycles. The lowest BCUT2D eigenvalue weighted by Crippen LogP contribution is -2.44. The summed E-state index contributed by atoms with van der Waals surface area (Å²) >= 11 is 0. The van der Waals surface area contributed by atoms with Crippen molar-refractivity contribution in [3.05, 3.63) is 11.6 Å². The standard InChI is InChI=1S/C26H42O/c1-17(2)7-6-8-18(3)22-9-10-23-21-16-19-15-20(27)11-13-25(19,4)24(21)12-14-26(22,23)5/h15,17-18,21-24H,6-14,16H2,1-5H3. The van der Waals surface area contributed by atoms with Crippen LogP contribution in [0.3, 0.4) is 0 Å². The second-order valence-electron chi connectivity index (χ2n) is 11.7. The molecule has 0 N–H and O–H groups in total. The molecular formula is C26H42O. The molecule has 1 heteroatoms. The van der Waals surface area contributed by atoms with Crippen molar-refractivity contribution >= 4 is 5.78 Å². The van der Waals surface area contributed by atoms with Gasteiger partial charge in [-0.3, -0.25) is 4.79 Å². The molecule has 0 spiro atoms. The fourth-order valence-corrected chi connectivity index (χ4v) is 8.33. The van der Waals surface area contributed by atoms with E-state index in [9.17, 15) is 4.79 Å². The summed E-state index contributed by atoms with van der Waals surface area (Å²) in [5, 5.41) is 0. The molecule has 0 aromatic carbocycles. The average molecular weight is 371 g/mol. The van der Waals surface area contributed by atoms with E-state index >= 15 is 0 Å². The molecule has 0 aromatic rings. The van der Waals surface area contributed by atoms with Gasteiger partial charge in [-0.25, -0.2) is 0 Å². The number of hydrogen-bond acceptors (Lipinski definition) is 1. The summed E-state index contributed by atoms with van der Waals surface area (Å²) in [6, 6.07) is 0. The first-order chi connectivity index (χ1) is 12.8. The van der Waals surface area contributed by atoms with Crippen molar-refractivity contribution in [3.8, 4) is 0 Å². The molecule has 0 aromatic heterocycles. The average Bonchev–Trinajstić information content (AvgIpc) is 3.09. The molecule has 4 aliphatic rings. The molecule has 7 atom stereocenters. The first-order valence-electron chi connectivity index (χ1n) is 12.0. The van der Waals surface area contributed by atoms with Crippen LogP contribution in [-0.4, -0.2) is 5.78 Å². The highest BCUT2D eigenvalue weighted by Gasteiger charge is 2.61. The molecule has 0 bridgehead atoms. The molecule has 0 aliphatic heterocycles. The lowest BCUT2D eigenvalue weighted by Gasteiger charge is -2.51. The number of carbonyl (C=O) groups is 1. The molecule has 4 rings (SSSR count). The van der Waals surface area contributed by atoms with Gasteiger partial charge in [-0.05, 0) is 90.9 Å². The molecule has 0 heterocycles. The van der Waals surface area contributed by atoms with Gasteiger partial charge in [0.05, 0.1) is 0 Å². The SMILES string of the molecule is CC(C)CCCC(C)C1CCC2C3CC4=CC(=O)CCC4(C)C3CCC12C. The molecule has 1 nitrogen and oxygen atoms in total. The van der Waals surface area contributed by atoms with Crippen LogP contribution in [0.15, 0.2) is 11.6 Å². The number of ketones is 1. The van der Waals surface area contributed by atoms with Crippen LogP contribution in [0.4, 0.5) is 0 Å². The van der Waals surface area contributed by atoms with Gasteiger partial charge in [-0.15, -0.1) is 0 Å². The zero-order valence-electron chi connectivity index (χ0n) is 18.5. The zero-order chi connectivity index (χ0) is 19.4. The van der Waals surface area contributed by atoms with Crippen molar-refractivity contribution in [2.45, 2.75) is 98.8 Å². The highest BCUT2D eigenvalue weighted by atomic mass is 16.1. The fourth-order valence-electron chi connectivity index (χ4n) is 8.33. The second-order valence-corrected chi connectivity index (χ2v) is 11.7. The molecule has 3 saturated carbocycles. The van der Waals surface area contributed by atoms with E-state index in [0.717, 1.165) is 48.3 Å². The quantitative estimate of drug-likeness (QED) is 0.500. The lowest BCUT2D eigenvalue weighted by atomic mass is 9.54. The minimum absolute atomic E-state index is 0.348. The topological polar surface area (TPSA) is 17.1 Å². The van der Waals surface area contributed by atoms with Gasteiger partial charge in [-0.2, -0.15) is 0 Å². The summed E-state index contributed by atoms with van der Waals surface area (Å²) in [5.74, 6) is 5.68. The van der Waals surface area contributed by atoms with E-state index in [0.29, 0.717) is 16.6 Å². The number of allylic oxidation sites excluding steroid dienone is 2. The van der Waals surface area contributed by atoms with E-state index < -0.39 is 0 Å². The minimum atomic E-state index is 0.348. The smallest absolute Gasteiger partial charge is 0.155 e. The van der Waals surface area contributed by atoms with E-state index in [1.807, 2.05) is 0 Å². The molecule has 3 fully saturated rings. The van der Waals surface area contributed by atoms with Crippen LogP contribution in [-0.2, 0) is 4.79 Å². The maximum atomic E-state index is 12.1. The van der Waals surface area contributed by atoms with Crippen molar-refractivity contribution in [2.24, 2.45) is 46.3 Å². The third-order valence-corrected chi connectivity index (χ3v) is 9.87. The Hall–Kier alpha value is -0.590. The van der Waals surface area contributed by atoms with Crippen molar-refractivity contribution in [1.29, 1.82) is 0 Å². The first kappa shape index (κ1) is 19.7. The van der Waals surface area contributed by atoms with Crippen LogP contribution in [0.5, 0.6) is 0 Å². The van der Waals surface area contributed by atoms with Gasteiger partial charge < -0.3 is 0 Å². The minimum Gasteiger partial charge on any atom is -0.295 e. The van der Waals surface area contributed by atoms with Crippen molar-refractivity contribution < 1.29 is 4.79 Å². The van der Waals surface area contributed by atoms with Gasteiger partial charge in [0.2, 0.25) is 0 Å². The summed E-state index contributed by atoms with van der Waals surface area (Å²) in [6.45, 7) is 12.4. The van der Waals surface area contributed by atoms with Gasteiger partial charge in [0.25, 0.3) is 0 Å². The van der Waals surface area contributed by atoms with E-state index in [-0.39, 0.29) is 0 Å². The van der Waals surface area contributed by atoms with Crippen molar-refractivity contribution in [3.63, 3.8) is 0 Å². The van der Waals surface area contributed by atoms with Crippen LogP contribution in [0.2, 0.25) is 0 Å². The van der Waals surface area contributed by atoms with Crippen LogP contribution in [0.1, 0.15) is 98.8 Å². The lowest BCUT2D eigenvalue weighted by molar-refractivity contribution is -0.116. The normalized spacial score (nSPS) is 44.7. The van der Waals surface area contributed by atoms with Crippen LogP contribution in [0, 0.1) is 46.3 Å². The number of carbonyl (C=O) groups excluding carboxylic acids is 1. The van der Waals surface area contributed by atoms with Gasteiger partial charge in [-0.1, -0.05) is 59.5 Å². The van der Waals surface area contributed by atoms with Crippen LogP contribution >= 0.6 is 0 Å². The van der Waals surface area contributed by atoms with Gasteiger partial charge >= 0.3 is 0 Å². The Kier molecular flexibility index (Phi) is 5.13. The third kappa shape index (κ3) is 3.16. The molecule has 27 heavy (non-hydrogen) atoms. The number of hydrogen-bond donors (Lipinski definition) is 0. The molecule has 7 unspecified atom stereocenters. The van der Waals surface area contributed by atoms with E-state index in [4.69, 9.17) is 0 Å². The molecule has 0 radical (unpaired) electrons. The number of fused-ring (bicyclic) bond motifs is 5. The highest BCUT2D eigenvalue weighted by Crippen LogP contribution is 2.69. The largest absolute Gasteiger partial charge is 0.295 e. The monoisotopic (exact) mass is 370 g/mol. The second kappa shape index (κ2) is 7.03. The summed E-state index contributed by atoms with van der Waals surface area (Å²) < 4.78 is 0. The van der Waals surface area contributed by atoms with Gasteiger partial charge in [0.1, 0.15) is 0 Å². The van der Waals surface area contributed by atoms with Crippen molar-refractivity contribution in [1.82, 2.24) is 0 Å². The summed E-state index contributed by atoms with van der Waals surface area (Å²) in [5.41, 5.74) is 2.44. The first-order valence-corrected chi connectivity index (χ1v) is 12.0. The molecule has 152 valence electrons.